The van der Waals surface area contributed by atoms with Crippen molar-refractivity contribution in [2.24, 2.45) is 14.1 Å². The van der Waals surface area contributed by atoms with Crippen molar-refractivity contribution in [1.29, 1.82) is 0 Å². The molecule has 0 amide bonds. The first-order valence-corrected chi connectivity index (χ1v) is 14.7. The van der Waals surface area contributed by atoms with Crippen molar-refractivity contribution >= 4 is 33.7 Å². The van der Waals surface area contributed by atoms with Crippen LogP contribution in [0.4, 0.5) is 0 Å². The zero-order chi connectivity index (χ0) is 28.9. The zero-order valence-electron chi connectivity index (χ0n) is 24.2. The van der Waals surface area contributed by atoms with E-state index in [0.29, 0.717) is 0 Å². The van der Waals surface area contributed by atoms with Crippen LogP contribution in [0, 0.1) is 0 Å². The minimum absolute atomic E-state index is 0.906. The summed E-state index contributed by atoms with van der Waals surface area (Å²) < 4.78 is 4.34. The average Bonchev–Trinajstić information content (AvgIpc) is 3.48. The molecule has 1 aliphatic carbocycles. The maximum Gasteiger partial charge on any atom is 0.140 e. The van der Waals surface area contributed by atoms with E-state index in [2.05, 4.69) is 145 Å². The van der Waals surface area contributed by atoms with Gasteiger partial charge in [0.15, 0.2) is 0 Å². The van der Waals surface area contributed by atoms with Gasteiger partial charge in [-0.2, -0.15) is 0 Å². The molecule has 0 spiro atoms. The normalized spacial score (nSPS) is 12.8. The molecule has 1 aliphatic rings. The molecule has 0 saturated carbocycles. The van der Waals surface area contributed by atoms with Gasteiger partial charge < -0.3 is 9.13 Å². The summed E-state index contributed by atoms with van der Waals surface area (Å²) in [5, 5.41) is 2.53. The van der Waals surface area contributed by atoms with Crippen molar-refractivity contribution < 1.29 is 0 Å². The quantitative estimate of drug-likeness (QED) is 0.227. The van der Waals surface area contributed by atoms with E-state index >= 15 is 0 Å². The van der Waals surface area contributed by atoms with Crippen LogP contribution in [0.3, 0.4) is 0 Å². The summed E-state index contributed by atoms with van der Waals surface area (Å²) in [7, 11) is 4.17. The lowest BCUT2D eigenvalue weighted by Crippen LogP contribution is -2.28. The summed E-state index contributed by atoms with van der Waals surface area (Å²) in [5.41, 5.74) is 11.4. The van der Waals surface area contributed by atoms with Crippen LogP contribution >= 0.6 is 0 Å². The predicted octanol–water partition coefficient (Wildman–Crippen LogP) is 7.40. The van der Waals surface area contributed by atoms with Crippen LogP contribution in [0.5, 0.6) is 0 Å². The molecule has 0 aliphatic heterocycles. The molecule has 8 rings (SSSR count). The van der Waals surface area contributed by atoms with Crippen LogP contribution in [-0.4, -0.2) is 19.1 Å². The number of hydrogen-bond donors (Lipinski definition) is 0. The highest BCUT2D eigenvalue weighted by molar-refractivity contribution is 5.84. The fourth-order valence-corrected chi connectivity index (χ4v) is 6.39. The van der Waals surface area contributed by atoms with E-state index in [1.807, 2.05) is 12.1 Å². The topological polar surface area (TPSA) is 35.6 Å². The monoisotopic (exact) mass is 554 g/mol. The molecule has 0 saturated heterocycles. The SMILES string of the molecule is Cn1c(-c2ccc(C3=c4c(-c5ccc(-c6nc7ccccc7n6C)cc5)cccc4=CCC=C3)cc2)nc2ccccc21. The van der Waals surface area contributed by atoms with Crippen LogP contribution in [0.1, 0.15) is 12.0 Å². The van der Waals surface area contributed by atoms with Crippen LogP contribution in [0.25, 0.3) is 67.6 Å². The number of imidazole rings is 2. The lowest BCUT2D eigenvalue weighted by molar-refractivity contribution is 0.959. The number of aryl methyl sites for hydroxylation is 2. The maximum absolute atomic E-state index is 4.91. The first-order chi connectivity index (χ1) is 21.2. The molecule has 0 radical (unpaired) electrons. The average molecular weight is 555 g/mol. The number of para-hydroxylation sites is 4. The Labute approximate surface area is 250 Å². The summed E-state index contributed by atoms with van der Waals surface area (Å²) in [5.74, 6) is 1.95. The molecule has 0 unspecified atom stereocenters. The number of aromatic nitrogens is 4. The number of hydrogen-bond acceptors (Lipinski definition) is 2. The second-order valence-corrected chi connectivity index (χ2v) is 11.1. The Balaban J connectivity index is 1.23. The Bertz CT molecular complexity index is 2310. The van der Waals surface area contributed by atoms with Crippen LogP contribution < -0.4 is 10.4 Å². The Morgan fingerprint density at radius 2 is 1.07 bits per heavy atom. The first kappa shape index (κ1) is 25.2. The predicted molar refractivity (Wildman–Crippen MR) is 178 cm³/mol. The summed E-state index contributed by atoms with van der Waals surface area (Å²) in [6.45, 7) is 0. The third-order valence-corrected chi connectivity index (χ3v) is 8.61. The van der Waals surface area contributed by atoms with Gasteiger partial charge in [-0.1, -0.05) is 109 Å². The molecule has 206 valence electrons. The van der Waals surface area contributed by atoms with Gasteiger partial charge in [0.1, 0.15) is 11.6 Å². The van der Waals surface area contributed by atoms with Crippen LogP contribution in [0.15, 0.2) is 127 Å². The highest BCUT2D eigenvalue weighted by Crippen LogP contribution is 2.28. The van der Waals surface area contributed by atoms with Gasteiger partial charge in [-0.15, -0.1) is 0 Å². The molecule has 2 aromatic heterocycles. The molecule has 0 fully saturated rings. The third kappa shape index (κ3) is 4.22. The third-order valence-electron chi connectivity index (χ3n) is 8.61. The number of benzene rings is 5. The zero-order valence-corrected chi connectivity index (χ0v) is 24.2. The molecule has 0 N–H and O–H groups in total. The van der Waals surface area contributed by atoms with Crippen molar-refractivity contribution in [2.45, 2.75) is 6.42 Å². The Kier molecular flexibility index (Phi) is 5.93. The summed E-state index contributed by atoms with van der Waals surface area (Å²) in [4.78, 5) is 9.81. The molecule has 4 nitrogen and oxygen atoms in total. The minimum atomic E-state index is 0.906. The lowest BCUT2D eigenvalue weighted by atomic mass is 9.94. The second kappa shape index (κ2) is 10.1. The van der Waals surface area contributed by atoms with E-state index < -0.39 is 0 Å². The smallest absolute Gasteiger partial charge is 0.140 e. The highest BCUT2D eigenvalue weighted by Gasteiger charge is 2.13. The fraction of sp³-hybridized carbons (Fsp3) is 0.0769. The van der Waals surface area contributed by atoms with E-state index in [1.54, 1.807) is 0 Å². The minimum Gasteiger partial charge on any atom is -0.327 e. The van der Waals surface area contributed by atoms with E-state index in [9.17, 15) is 0 Å². The molecule has 43 heavy (non-hydrogen) atoms. The van der Waals surface area contributed by atoms with Crippen LogP contribution in [-0.2, 0) is 14.1 Å². The van der Waals surface area contributed by atoms with Crippen molar-refractivity contribution in [3.05, 3.63) is 143 Å². The number of fused-ring (bicyclic) bond motifs is 3. The molecular weight excluding hydrogens is 524 g/mol. The summed E-state index contributed by atoms with van der Waals surface area (Å²) >= 11 is 0. The van der Waals surface area contributed by atoms with Gasteiger partial charge in [0.2, 0.25) is 0 Å². The van der Waals surface area contributed by atoms with Crippen LogP contribution in [0.2, 0.25) is 0 Å². The molecule has 0 atom stereocenters. The molecule has 5 aromatic carbocycles. The van der Waals surface area contributed by atoms with E-state index in [1.165, 1.54) is 32.7 Å². The Morgan fingerprint density at radius 1 is 0.535 bits per heavy atom. The van der Waals surface area contributed by atoms with Gasteiger partial charge >= 0.3 is 0 Å². The number of rotatable bonds is 4. The van der Waals surface area contributed by atoms with Gasteiger partial charge in [0.05, 0.1) is 22.1 Å². The largest absolute Gasteiger partial charge is 0.327 e. The summed E-state index contributed by atoms with van der Waals surface area (Å²) in [6.07, 6.45) is 7.77. The fourth-order valence-electron chi connectivity index (χ4n) is 6.39. The van der Waals surface area contributed by atoms with Gasteiger partial charge in [-0.25, -0.2) is 9.97 Å². The van der Waals surface area contributed by atoms with Gasteiger partial charge in [-0.3, -0.25) is 0 Å². The van der Waals surface area contributed by atoms with E-state index in [0.717, 1.165) is 51.3 Å². The Morgan fingerprint density at radius 3 is 1.65 bits per heavy atom. The van der Waals surface area contributed by atoms with Gasteiger partial charge in [-0.05, 0) is 63.4 Å². The molecular formula is C39H30N4. The molecule has 0 bridgehead atoms. The maximum atomic E-state index is 4.91. The van der Waals surface area contributed by atoms with Gasteiger partial charge in [0.25, 0.3) is 0 Å². The van der Waals surface area contributed by atoms with Crippen molar-refractivity contribution in [1.82, 2.24) is 19.1 Å². The lowest BCUT2D eigenvalue weighted by Gasteiger charge is -2.11. The van der Waals surface area contributed by atoms with E-state index in [4.69, 9.17) is 9.97 Å². The number of allylic oxidation sites excluding steroid dienone is 2. The number of nitrogens with zero attached hydrogens (tertiary/aromatic N) is 4. The Hall–Kier alpha value is -5.48. The molecule has 4 heteroatoms. The molecule has 2 heterocycles. The van der Waals surface area contributed by atoms with Crippen molar-refractivity contribution in [2.75, 3.05) is 0 Å². The van der Waals surface area contributed by atoms with Crippen molar-refractivity contribution in [3.8, 4) is 33.9 Å². The van der Waals surface area contributed by atoms with Gasteiger partial charge in [0, 0.05) is 25.2 Å². The van der Waals surface area contributed by atoms with Crippen molar-refractivity contribution in [3.63, 3.8) is 0 Å². The highest BCUT2D eigenvalue weighted by atomic mass is 15.1. The standard InChI is InChI=1S/C39H30N4/c1-42-35-16-7-5-14-33(35)40-38(42)29-22-18-26(19-23-29)31-12-4-3-10-28-11-9-13-32(37(28)31)27-20-24-30(25-21-27)39-41-34-15-6-8-17-36(34)43(39)2/h4-25H,3H2,1-2H3. The van der Waals surface area contributed by atoms with E-state index in [-0.39, 0.29) is 0 Å². The molecule has 7 aromatic rings. The first-order valence-electron chi connectivity index (χ1n) is 14.7. The second-order valence-electron chi connectivity index (χ2n) is 11.1. The summed E-state index contributed by atoms with van der Waals surface area (Å²) in [6, 6.07) is 40.9.